The Hall–Kier alpha value is -1.30. The van der Waals surface area contributed by atoms with E-state index in [9.17, 15) is 4.79 Å². The third-order valence-corrected chi connectivity index (χ3v) is 3.56. The molecule has 1 atom stereocenters. The fourth-order valence-electron chi connectivity index (χ4n) is 1.92. The average molecular weight is 388 g/mol. The molecule has 0 saturated heterocycles. The van der Waals surface area contributed by atoms with Gasteiger partial charge in [-0.25, -0.2) is 0 Å². The van der Waals surface area contributed by atoms with Crippen LogP contribution in [0.15, 0.2) is 40.9 Å². The Labute approximate surface area is 144 Å². The molecular formula is C16H20BrClN2O2. The average Bonchev–Trinajstić information content (AvgIpc) is 2.44. The SMILES string of the molecule is CC(N)CCNC(=O)COc1ccc2cc(Br)ccc2c1.Cl. The minimum atomic E-state index is -0.133. The Kier molecular flexibility index (Phi) is 7.65. The number of benzene rings is 2. The lowest BCUT2D eigenvalue weighted by atomic mass is 10.1. The zero-order valence-corrected chi connectivity index (χ0v) is 14.7. The molecule has 22 heavy (non-hydrogen) atoms. The number of carbonyl (C=O) groups excluding carboxylic acids is 1. The van der Waals surface area contributed by atoms with Crippen LogP contribution in [0.25, 0.3) is 10.8 Å². The molecule has 6 heteroatoms. The molecule has 0 bridgehead atoms. The summed E-state index contributed by atoms with van der Waals surface area (Å²) in [7, 11) is 0. The number of amides is 1. The smallest absolute Gasteiger partial charge is 0.257 e. The zero-order chi connectivity index (χ0) is 15.2. The lowest BCUT2D eigenvalue weighted by Crippen LogP contribution is -2.32. The summed E-state index contributed by atoms with van der Waals surface area (Å²) >= 11 is 3.44. The van der Waals surface area contributed by atoms with Crippen LogP contribution in [0, 0.1) is 0 Å². The van der Waals surface area contributed by atoms with E-state index in [0.29, 0.717) is 12.3 Å². The van der Waals surface area contributed by atoms with Crippen LogP contribution in [0.5, 0.6) is 5.75 Å². The lowest BCUT2D eigenvalue weighted by molar-refractivity contribution is -0.123. The standard InChI is InChI=1S/C16H19BrN2O2.ClH/c1-11(18)6-7-19-16(20)10-21-15-5-3-12-8-14(17)4-2-13(12)9-15;/h2-5,8-9,11H,6-7,10,18H2,1H3,(H,19,20);1H. The van der Waals surface area contributed by atoms with Crippen LogP contribution in [0.3, 0.4) is 0 Å². The van der Waals surface area contributed by atoms with Crippen molar-refractivity contribution in [1.82, 2.24) is 5.32 Å². The van der Waals surface area contributed by atoms with Crippen LogP contribution in [0.1, 0.15) is 13.3 Å². The molecular weight excluding hydrogens is 368 g/mol. The quantitative estimate of drug-likeness (QED) is 0.799. The van der Waals surface area contributed by atoms with Gasteiger partial charge >= 0.3 is 0 Å². The summed E-state index contributed by atoms with van der Waals surface area (Å²) in [4.78, 5) is 11.6. The lowest BCUT2D eigenvalue weighted by Gasteiger charge is -2.09. The van der Waals surface area contributed by atoms with Crippen LogP contribution in [-0.2, 0) is 4.79 Å². The first-order chi connectivity index (χ1) is 10.0. The number of nitrogens with one attached hydrogen (secondary N) is 1. The van der Waals surface area contributed by atoms with Crippen molar-refractivity contribution in [2.75, 3.05) is 13.2 Å². The van der Waals surface area contributed by atoms with E-state index in [-0.39, 0.29) is 31.0 Å². The molecule has 0 aliphatic rings. The molecule has 0 aliphatic heterocycles. The van der Waals surface area contributed by atoms with E-state index >= 15 is 0 Å². The van der Waals surface area contributed by atoms with E-state index in [1.165, 1.54) is 0 Å². The molecule has 0 aliphatic carbocycles. The zero-order valence-electron chi connectivity index (χ0n) is 12.3. The van der Waals surface area contributed by atoms with E-state index in [2.05, 4.69) is 21.2 Å². The summed E-state index contributed by atoms with van der Waals surface area (Å²) in [6.45, 7) is 2.50. The van der Waals surface area contributed by atoms with Crippen molar-refractivity contribution in [2.24, 2.45) is 5.73 Å². The third-order valence-electron chi connectivity index (χ3n) is 3.07. The maximum Gasteiger partial charge on any atom is 0.257 e. The van der Waals surface area contributed by atoms with Crippen molar-refractivity contribution in [1.29, 1.82) is 0 Å². The second-order valence-electron chi connectivity index (χ2n) is 5.06. The molecule has 1 amide bonds. The predicted molar refractivity (Wildman–Crippen MR) is 95.7 cm³/mol. The van der Waals surface area contributed by atoms with Gasteiger partial charge in [0.05, 0.1) is 0 Å². The van der Waals surface area contributed by atoms with Crippen LogP contribution in [0.2, 0.25) is 0 Å². The minimum Gasteiger partial charge on any atom is -0.484 e. The highest BCUT2D eigenvalue weighted by atomic mass is 79.9. The summed E-state index contributed by atoms with van der Waals surface area (Å²) < 4.78 is 6.55. The maximum absolute atomic E-state index is 11.6. The van der Waals surface area contributed by atoms with Crippen LogP contribution in [-0.4, -0.2) is 25.1 Å². The number of nitrogens with two attached hydrogens (primary N) is 1. The molecule has 0 fully saturated rings. The van der Waals surface area contributed by atoms with Gasteiger partial charge in [-0.05, 0) is 48.4 Å². The second kappa shape index (κ2) is 8.98. The van der Waals surface area contributed by atoms with E-state index in [0.717, 1.165) is 21.7 Å². The molecule has 3 N–H and O–H groups in total. The van der Waals surface area contributed by atoms with Crippen molar-refractivity contribution in [3.63, 3.8) is 0 Å². The van der Waals surface area contributed by atoms with Gasteiger partial charge in [0.15, 0.2) is 6.61 Å². The predicted octanol–water partition coefficient (Wildman–Crippen LogP) is 3.26. The molecule has 0 radical (unpaired) electrons. The molecule has 2 rings (SSSR count). The molecule has 120 valence electrons. The topological polar surface area (TPSA) is 64.3 Å². The number of hydrogen-bond donors (Lipinski definition) is 2. The Morgan fingerprint density at radius 2 is 1.95 bits per heavy atom. The molecule has 1 unspecified atom stereocenters. The third kappa shape index (κ3) is 5.83. The van der Waals surface area contributed by atoms with Gasteiger partial charge < -0.3 is 15.8 Å². The normalized spacial score (nSPS) is 11.6. The summed E-state index contributed by atoms with van der Waals surface area (Å²) in [6, 6.07) is 11.9. The second-order valence-corrected chi connectivity index (χ2v) is 5.97. The number of fused-ring (bicyclic) bond motifs is 1. The molecule has 0 saturated carbocycles. The Balaban J connectivity index is 0.00000242. The number of rotatable bonds is 6. The van der Waals surface area contributed by atoms with E-state index in [4.69, 9.17) is 10.5 Å². The number of hydrogen-bond acceptors (Lipinski definition) is 3. The summed E-state index contributed by atoms with van der Waals surface area (Å²) in [5.74, 6) is 0.554. The largest absolute Gasteiger partial charge is 0.484 e. The van der Waals surface area contributed by atoms with Gasteiger partial charge in [0.2, 0.25) is 0 Å². The van der Waals surface area contributed by atoms with Gasteiger partial charge in [-0.15, -0.1) is 12.4 Å². The van der Waals surface area contributed by atoms with Gasteiger partial charge in [0.25, 0.3) is 5.91 Å². The van der Waals surface area contributed by atoms with E-state index in [1.54, 1.807) is 0 Å². The fourth-order valence-corrected chi connectivity index (χ4v) is 2.30. The van der Waals surface area contributed by atoms with Crippen molar-refractivity contribution in [2.45, 2.75) is 19.4 Å². The monoisotopic (exact) mass is 386 g/mol. The highest BCUT2D eigenvalue weighted by Crippen LogP contribution is 2.24. The molecule has 0 spiro atoms. The van der Waals surface area contributed by atoms with Crippen molar-refractivity contribution >= 4 is 45.0 Å². The molecule has 2 aromatic rings. The van der Waals surface area contributed by atoms with Crippen LogP contribution >= 0.6 is 28.3 Å². The van der Waals surface area contributed by atoms with Crippen molar-refractivity contribution < 1.29 is 9.53 Å². The number of halogens is 2. The van der Waals surface area contributed by atoms with Crippen LogP contribution < -0.4 is 15.8 Å². The molecule has 4 nitrogen and oxygen atoms in total. The first kappa shape index (κ1) is 18.7. The van der Waals surface area contributed by atoms with Crippen molar-refractivity contribution in [3.8, 4) is 5.75 Å². The Bertz CT molecular complexity index is 635. The first-order valence-corrected chi connectivity index (χ1v) is 7.68. The summed E-state index contributed by atoms with van der Waals surface area (Å²) in [6.07, 6.45) is 0.761. The van der Waals surface area contributed by atoms with Gasteiger partial charge in [-0.3, -0.25) is 4.79 Å². The van der Waals surface area contributed by atoms with Crippen LogP contribution in [0.4, 0.5) is 0 Å². The maximum atomic E-state index is 11.6. The van der Waals surface area contributed by atoms with E-state index < -0.39 is 0 Å². The number of ether oxygens (including phenoxy) is 1. The van der Waals surface area contributed by atoms with E-state index in [1.807, 2.05) is 43.3 Å². The highest BCUT2D eigenvalue weighted by molar-refractivity contribution is 9.10. The van der Waals surface area contributed by atoms with Gasteiger partial charge in [-0.2, -0.15) is 0 Å². The summed E-state index contributed by atoms with van der Waals surface area (Å²) in [5.41, 5.74) is 5.62. The van der Waals surface area contributed by atoms with Gasteiger partial charge in [0.1, 0.15) is 5.75 Å². The Morgan fingerprint density at radius 1 is 1.27 bits per heavy atom. The van der Waals surface area contributed by atoms with Gasteiger partial charge in [-0.1, -0.05) is 28.1 Å². The summed E-state index contributed by atoms with van der Waals surface area (Å²) in [5, 5.41) is 4.98. The minimum absolute atomic E-state index is 0. The fraction of sp³-hybridized carbons (Fsp3) is 0.312. The first-order valence-electron chi connectivity index (χ1n) is 6.89. The molecule has 0 heterocycles. The molecule has 0 aromatic heterocycles. The van der Waals surface area contributed by atoms with Gasteiger partial charge in [0, 0.05) is 17.1 Å². The highest BCUT2D eigenvalue weighted by Gasteiger charge is 2.04. The molecule has 2 aromatic carbocycles. The Morgan fingerprint density at radius 3 is 2.68 bits per heavy atom. The number of carbonyl (C=O) groups is 1. The van der Waals surface area contributed by atoms with Crippen molar-refractivity contribution in [3.05, 3.63) is 40.9 Å².